The van der Waals surface area contributed by atoms with E-state index in [9.17, 15) is 28.7 Å². The lowest BCUT2D eigenvalue weighted by molar-refractivity contribution is -0.121. The van der Waals surface area contributed by atoms with E-state index in [0.29, 0.717) is 43.7 Å². The minimum Gasteiger partial charge on any atom is -0.507 e. The number of piperidine rings is 1. The number of carbonyl (C=O) groups is 3. The maximum atomic E-state index is 14.9. The van der Waals surface area contributed by atoms with E-state index in [1.165, 1.54) is 29.2 Å². The lowest BCUT2D eigenvalue weighted by atomic mass is 9.95. The maximum absolute atomic E-state index is 14.9. The van der Waals surface area contributed by atoms with Gasteiger partial charge in [-0.25, -0.2) is 9.18 Å². The van der Waals surface area contributed by atoms with Crippen LogP contribution in [0.25, 0.3) is 11.1 Å². The smallest absolute Gasteiger partial charge is 0.349 e. The Labute approximate surface area is 261 Å². The van der Waals surface area contributed by atoms with Crippen molar-refractivity contribution in [1.29, 1.82) is 0 Å². The Bertz CT molecular complexity index is 1630. The normalized spacial score (nSPS) is 18.6. The molecular weight excluding hydrogens is 579 g/mol. The molecule has 2 aromatic carbocycles. The van der Waals surface area contributed by atoms with Gasteiger partial charge in [0, 0.05) is 61.8 Å². The molecule has 45 heavy (non-hydrogen) atoms. The quantitative estimate of drug-likeness (QED) is 0.344. The van der Waals surface area contributed by atoms with Crippen LogP contribution in [0.5, 0.6) is 5.75 Å². The molecule has 4 bridgehead atoms. The summed E-state index contributed by atoms with van der Waals surface area (Å²) < 4.78 is 20.5. The zero-order valence-electron chi connectivity index (χ0n) is 25.4. The van der Waals surface area contributed by atoms with Gasteiger partial charge in [0.2, 0.25) is 5.91 Å². The minimum atomic E-state index is -0.677. The Kier molecular flexibility index (Phi) is 10.3. The lowest BCUT2D eigenvalue weighted by Gasteiger charge is -2.24. The van der Waals surface area contributed by atoms with Gasteiger partial charge in [-0.05, 0) is 93.1 Å². The molecular formula is C34H39FN4O6. The number of aryl methyl sites for hydroxylation is 1. The van der Waals surface area contributed by atoms with Crippen LogP contribution in [0.15, 0.2) is 51.7 Å². The average molecular weight is 619 g/mol. The molecule has 0 radical (unpaired) electrons. The van der Waals surface area contributed by atoms with Crippen LogP contribution < -0.4 is 21.6 Å². The molecule has 3 amide bonds. The second-order valence-corrected chi connectivity index (χ2v) is 11.7. The number of amides is 3. The summed E-state index contributed by atoms with van der Waals surface area (Å²) in [6.07, 6.45) is 3.22. The molecule has 1 atom stereocenters. The number of halogens is 1. The Morgan fingerprint density at radius 2 is 1.76 bits per heavy atom. The summed E-state index contributed by atoms with van der Waals surface area (Å²) in [4.78, 5) is 53.9. The molecule has 5 rings (SSSR count). The SMILES string of the molecule is Cc1cc(C2CCCNC2)oc(=O)c1C(=O)N1CCCNC(=O)c2ccc(F)c(c2)-c2cc(ccc2O)CCNC(=O)CCC1. The first-order valence-electron chi connectivity index (χ1n) is 15.5. The van der Waals surface area contributed by atoms with E-state index in [0.717, 1.165) is 24.9 Å². The summed E-state index contributed by atoms with van der Waals surface area (Å²) in [5.41, 5.74) is 1.16. The van der Waals surface area contributed by atoms with Gasteiger partial charge in [-0.1, -0.05) is 6.07 Å². The second kappa shape index (κ2) is 14.5. The van der Waals surface area contributed by atoms with Crippen LogP contribution in [-0.4, -0.2) is 67.0 Å². The summed E-state index contributed by atoms with van der Waals surface area (Å²) in [6.45, 7) is 4.35. The molecule has 238 valence electrons. The molecule has 1 saturated heterocycles. The average Bonchev–Trinajstić information content (AvgIpc) is 3.02. The number of nitrogens with zero attached hydrogens (tertiary/aromatic N) is 1. The van der Waals surface area contributed by atoms with E-state index in [1.54, 1.807) is 25.1 Å². The predicted molar refractivity (Wildman–Crippen MR) is 167 cm³/mol. The first-order valence-corrected chi connectivity index (χ1v) is 15.5. The maximum Gasteiger partial charge on any atom is 0.349 e. The van der Waals surface area contributed by atoms with Gasteiger partial charge >= 0.3 is 5.63 Å². The molecule has 3 aromatic rings. The summed E-state index contributed by atoms with van der Waals surface area (Å²) in [5, 5.41) is 19.5. The topological polar surface area (TPSA) is 141 Å². The van der Waals surface area contributed by atoms with Crippen molar-refractivity contribution in [2.75, 3.05) is 39.3 Å². The Hall–Kier alpha value is -4.51. The van der Waals surface area contributed by atoms with Crippen molar-refractivity contribution in [2.24, 2.45) is 0 Å². The van der Waals surface area contributed by atoms with Crippen LogP contribution in [0.4, 0.5) is 4.39 Å². The highest BCUT2D eigenvalue weighted by atomic mass is 19.1. The number of hydrogen-bond donors (Lipinski definition) is 4. The highest BCUT2D eigenvalue weighted by Crippen LogP contribution is 2.33. The van der Waals surface area contributed by atoms with Crippen LogP contribution in [0, 0.1) is 12.7 Å². The molecule has 4 N–H and O–H groups in total. The summed E-state index contributed by atoms with van der Waals surface area (Å²) in [5.74, 6) is -1.16. The van der Waals surface area contributed by atoms with Gasteiger partial charge < -0.3 is 30.4 Å². The molecule has 1 fully saturated rings. The Morgan fingerprint density at radius 3 is 2.53 bits per heavy atom. The third kappa shape index (κ3) is 7.78. The van der Waals surface area contributed by atoms with Crippen molar-refractivity contribution in [3.05, 3.63) is 86.7 Å². The number of benzene rings is 2. The van der Waals surface area contributed by atoms with E-state index < -0.39 is 23.3 Å². The summed E-state index contributed by atoms with van der Waals surface area (Å²) in [6, 6.07) is 10.5. The molecule has 1 unspecified atom stereocenters. The van der Waals surface area contributed by atoms with Gasteiger partial charge in [0.15, 0.2) is 0 Å². The number of hydrogen-bond acceptors (Lipinski definition) is 7. The van der Waals surface area contributed by atoms with Crippen LogP contribution in [0.3, 0.4) is 0 Å². The summed E-state index contributed by atoms with van der Waals surface area (Å²) >= 11 is 0. The predicted octanol–water partition coefficient (Wildman–Crippen LogP) is 3.64. The molecule has 0 aliphatic carbocycles. The number of phenols is 1. The summed E-state index contributed by atoms with van der Waals surface area (Å²) in [7, 11) is 0. The zero-order chi connectivity index (χ0) is 31.9. The van der Waals surface area contributed by atoms with E-state index >= 15 is 0 Å². The van der Waals surface area contributed by atoms with Crippen LogP contribution in [0.1, 0.15) is 75.6 Å². The minimum absolute atomic E-state index is 0.0294. The van der Waals surface area contributed by atoms with Gasteiger partial charge in [0.05, 0.1) is 0 Å². The van der Waals surface area contributed by atoms with Crippen molar-refractivity contribution in [3.8, 4) is 16.9 Å². The highest BCUT2D eigenvalue weighted by molar-refractivity contribution is 5.96. The van der Waals surface area contributed by atoms with Crippen molar-refractivity contribution >= 4 is 17.7 Å². The van der Waals surface area contributed by atoms with Crippen molar-refractivity contribution in [3.63, 3.8) is 0 Å². The van der Waals surface area contributed by atoms with Crippen LogP contribution in [-0.2, 0) is 11.2 Å². The number of phenolic OH excluding ortho intramolecular Hbond substituents is 1. The van der Waals surface area contributed by atoms with Crippen molar-refractivity contribution in [2.45, 2.75) is 51.4 Å². The fraction of sp³-hybridized carbons (Fsp3) is 0.412. The van der Waals surface area contributed by atoms with E-state index in [2.05, 4.69) is 16.0 Å². The van der Waals surface area contributed by atoms with Crippen LogP contribution >= 0.6 is 0 Å². The number of carbonyl (C=O) groups excluding carboxylic acids is 3. The fourth-order valence-electron chi connectivity index (χ4n) is 5.93. The number of nitrogens with one attached hydrogen (secondary N) is 3. The molecule has 3 heterocycles. The van der Waals surface area contributed by atoms with Crippen molar-refractivity contribution in [1.82, 2.24) is 20.9 Å². The third-order valence-corrected chi connectivity index (χ3v) is 8.41. The zero-order valence-corrected chi connectivity index (χ0v) is 25.4. The molecule has 0 saturated carbocycles. The van der Waals surface area contributed by atoms with E-state index in [-0.39, 0.29) is 65.9 Å². The van der Waals surface area contributed by atoms with Crippen LogP contribution in [0.2, 0.25) is 0 Å². The molecule has 1 aromatic heterocycles. The Morgan fingerprint density at radius 1 is 0.933 bits per heavy atom. The fourth-order valence-corrected chi connectivity index (χ4v) is 5.93. The number of aromatic hydroxyl groups is 1. The molecule has 2 aliphatic heterocycles. The first kappa shape index (κ1) is 31.9. The van der Waals surface area contributed by atoms with Crippen molar-refractivity contribution < 1.29 is 28.3 Å². The van der Waals surface area contributed by atoms with E-state index in [1.807, 2.05) is 0 Å². The molecule has 2 aliphatic rings. The molecule has 0 spiro atoms. The standard InChI is InChI=1S/C34H39FN4O6/c1-21-17-29(24-5-2-12-36-20-24)45-34(44)31(21)33(43)39-15-3-6-30(41)37-14-11-22-7-10-28(40)26(18-22)25-19-23(8-9-27(25)35)32(42)38-13-4-16-39/h7-10,17-19,24,36,40H,2-6,11-16,20H2,1H3,(H,37,41)(H,38,42). The highest BCUT2D eigenvalue weighted by Gasteiger charge is 2.26. The van der Waals surface area contributed by atoms with Gasteiger partial charge in [-0.15, -0.1) is 0 Å². The molecule has 10 nitrogen and oxygen atoms in total. The van der Waals surface area contributed by atoms with E-state index in [4.69, 9.17) is 4.42 Å². The van der Waals surface area contributed by atoms with Gasteiger partial charge in [0.1, 0.15) is 22.9 Å². The largest absolute Gasteiger partial charge is 0.507 e. The first-order chi connectivity index (χ1) is 21.7. The number of fused-ring (bicyclic) bond motifs is 5. The van der Waals surface area contributed by atoms with Gasteiger partial charge in [-0.2, -0.15) is 0 Å². The molecule has 11 heteroatoms. The monoisotopic (exact) mass is 618 g/mol. The van der Waals surface area contributed by atoms with Gasteiger partial charge in [-0.3, -0.25) is 14.4 Å². The second-order valence-electron chi connectivity index (χ2n) is 11.7. The Balaban J connectivity index is 1.35. The van der Waals surface area contributed by atoms with Gasteiger partial charge in [0.25, 0.3) is 11.8 Å². The number of rotatable bonds is 2. The lowest BCUT2D eigenvalue weighted by Crippen LogP contribution is -2.38. The third-order valence-electron chi connectivity index (χ3n) is 8.41.